The summed E-state index contributed by atoms with van der Waals surface area (Å²) in [5, 5.41) is 6.38. The van der Waals surface area contributed by atoms with Crippen molar-refractivity contribution >= 4 is 17.5 Å². The molecule has 26 heavy (non-hydrogen) atoms. The molecule has 4 rings (SSSR count). The second kappa shape index (κ2) is 6.89. The second-order valence-corrected chi connectivity index (χ2v) is 7.92. The van der Waals surface area contributed by atoms with Gasteiger partial charge in [0.05, 0.1) is 0 Å². The third kappa shape index (κ3) is 3.55. The van der Waals surface area contributed by atoms with Crippen LogP contribution in [0.3, 0.4) is 0 Å². The van der Waals surface area contributed by atoms with Gasteiger partial charge < -0.3 is 15.5 Å². The van der Waals surface area contributed by atoms with Crippen LogP contribution in [0.25, 0.3) is 0 Å². The molecular formula is C20H26FN3O2. The fourth-order valence-corrected chi connectivity index (χ4v) is 3.82. The van der Waals surface area contributed by atoms with Crippen LogP contribution in [-0.2, 0) is 9.59 Å². The lowest BCUT2D eigenvalue weighted by Gasteiger charge is -2.43. The smallest absolute Gasteiger partial charge is 0.246 e. The predicted molar refractivity (Wildman–Crippen MR) is 97.1 cm³/mol. The molecule has 2 N–H and O–H groups in total. The molecule has 1 aliphatic heterocycles. The van der Waals surface area contributed by atoms with Gasteiger partial charge in [-0.2, -0.15) is 0 Å². The first kappa shape index (κ1) is 17.3. The second-order valence-electron chi connectivity index (χ2n) is 7.92. The van der Waals surface area contributed by atoms with Crippen molar-refractivity contribution in [2.24, 2.45) is 5.92 Å². The normalized spacial score (nSPS) is 22.4. The van der Waals surface area contributed by atoms with E-state index in [1.54, 1.807) is 12.1 Å². The van der Waals surface area contributed by atoms with Crippen LogP contribution >= 0.6 is 0 Å². The summed E-state index contributed by atoms with van der Waals surface area (Å²) in [6.07, 6.45) is 6.25. The number of amides is 2. The molecule has 3 aliphatic rings. The van der Waals surface area contributed by atoms with E-state index in [0.717, 1.165) is 32.1 Å². The molecule has 1 heterocycles. The highest BCUT2D eigenvalue weighted by molar-refractivity contribution is 5.90. The van der Waals surface area contributed by atoms with Gasteiger partial charge in [0.2, 0.25) is 11.8 Å². The van der Waals surface area contributed by atoms with E-state index in [1.165, 1.54) is 12.1 Å². The van der Waals surface area contributed by atoms with Crippen LogP contribution in [0, 0.1) is 11.7 Å². The van der Waals surface area contributed by atoms with Crippen molar-refractivity contribution in [3.63, 3.8) is 0 Å². The molecule has 2 amide bonds. The quantitative estimate of drug-likeness (QED) is 0.850. The fraction of sp³-hybridized carbons (Fsp3) is 0.600. The molecule has 1 aromatic rings. The SMILES string of the molecule is O=C(C1CCC1)N1CCC(Nc2cccc(F)c2)(C(=O)NC2CC2)CC1. The van der Waals surface area contributed by atoms with E-state index in [2.05, 4.69) is 10.6 Å². The van der Waals surface area contributed by atoms with E-state index in [-0.39, 0.29) is 29.6 Å². The number of anilines is 1. The Morgan fingerprint density at radius 1 is 1.12 bits per heavy atom. The minimum atomic E-state index is -0.785. The first-order valence-electron chi connectivity index (χ1n) is 9.69. The number of halogens is 1. The number of carbonyl (C=O) groups excluding carboxylic acids is 2. The first-order chi connectivity index (χ1) is 12.6. The zero-order valence-corrected chi connectivity index (χ0v) is 15.0. The molecule has 2 saturated carbocycles. The highest BCUT2D eigenvalue weighted by Crippen LogP contribution is 2.33. The Hall–Kier alpha value is -2.11. The van der Waals surface area contributed by atoms with Gasteiger partial charge >= 0.3 is 0 Å². The summed E-state index contributed by atoms with van der Waals surface area (Å²) in [6.45, 7) is 1.13. The van der Waals surface area contributed by atoms with Crippen LogP contribution in [0.4, 0.5) is 10.1 Å². The van der Waals surface area contributed by atoms with Crippen LogP contribution in [0.5, 0.6) is 0 Å². The summed E-state index contributed by atoms with van der Waals surface area (Å²) in [5.41, 5.74) is -0.179. The molecule has 3 fully saturated rings. The van der Waals surface area contributed by atoms with Crippen molar-refractivity contribution in [2.45, 2.75) is 56.5 Å². The fourth-order valence-electron chi connectivity index (χ4n) is 3.82. The highest BCUT2D eigenvalue weighted by Gasteiger charge is 2.44. The molecule has 0 bridgehead atoms. The van der Waals surface area contributed by atoms with Gasteiger partial charge in [0, 0.05) is 30.7 Å². The van der Waals surface area contributed by atoms with Gasteiger partial charge in [-0.1, -0.05) is 12.5 Å². The zero-order valence-electron chi connectivity index (χ0n) is 15.0. The Bertz CT molecular complexity index is 692. The summed E-state index contributed by atoms with van der Waals surface area (Å²) in [7, 11) is 0. The molecule has 140 valence electrons. The number of hydrogen-bond acceptors (Lipinski definition) is 3. The third-order valence-electron chi connectivity index (χ3n) is 5.94. The average molecular weight is 359 g/mol. The molecule has 0 aromatic heterocycles. The number of likely N-dealkylation sites (tertiary alicyclic amines) is 1. The lowest BCUT2D eigenvalue weighted by atomic mass is 9.82. The number of nitrogens with zero attached hydrogens (tertiary/aromatic N) is 1. The van der Waals surface area contributed by atoms with Crippen molar-refractivity contribution in [1.82, 2.24) is 10.2 Å². The van der Waals surface area contributed by atoms with Gasteiger partial charge in [0.25, 0.3) is 0 Å². The minimum absolute atomic E-state index is 0.0278. The van der Waals surface area contributed by atoms with Gasteiger partial charge in [-0.25, -0.2) is 4.39 Å². The molecule has 5 nitrogen and oxygen atoms in total. The summed E-state index contributed by atoms with van der Waals surface area (Å²) < 4.78 is 13.6. The highest BCUT2D eigenvalue weighted by atomic mass is 19.1. The summed E-state index contributed by atoms with van der Waals surface area (Å²) >= 11 is 0. The molecule has 0 atom stereocenters. The number of benzene rings is 1. The maximum absolute atomic E-state index is 13.6. The monoisotopic (exact) mass is 359 g/mol. The molecule has 1 aromatic carbocycles. The lowest BCUT2D eigenvalue weighted by Crippen LogP contribution is -2.60. The first-order valence-corrected chi connectivity index (χ1v) is 9.69. The molecule has 2 aliphatic carbocycles. The minimum Gasteiger partial charge on any atom is -0.371 e. The van der Waals surface area contributed by atoms with Gasteiger partial charge in [-0.15, -0.1) is 0 Å². The Morgan fingerprint density at radius 2 is 1.85 bits per heavy atom. The number of carbonyl (C=O) groups is 2. The Balaban J connectivity index is 1.48. The number of nitrogens with one attached hydrogen (secondary N) is 2. The summed E-state index contributed by atoms with van der Waals surface area (Å²) in [4.78, 5) is 27.4. The largest absolute Gasteiger partial charge is 0.371 e. The Kier molecular flexibility index (Phi) is 4.59. The van der Waals surface area contributed by atoms with Crippen molar-refractivity contribution in [2.75, 3.05) is 18.4 Å². The maximum Gasteiger partial charge on any atom is 0.246 e. The molecule has 1 saturated heterocycles. The number of hydrogen-bond donors (Lipinski definition) is 2. The average Bonchev–Trinajstić information content (AvgIpc) is 3.38. The van der Waals surface area contributed by atoms with E-state index in [1.807, 2.05) is 4.90 Å². The van der Waals surface area contributed by atoms with E-state index in [4.69, 9.17) is 0 Å². The molecule has 6 heteroatoms. The van der Waals surface area contributed by atoms with E-state index >= 15 is 0 Å². The van der Waals surface area contributed by atoms with Crippen molar-refractivity contribution in [3.05, 3.63) is 30.1 Å². The van der Waals surface area contributed by atoms with Crippen LogP contribution in [0.1, 0.15) is 44.9 Å². The molecule has 0 unspecified atom stereocenters. The van der Waals surface area contributed by atoms with Crippen molar-refractivity contribution in [1.29, 1.82) is 0 Å². The van der Waals surface area contributed by atoms with Gasteiger partial charge in [-0.3, -0.25) is 9.59 Å². The standard InChI is InChI=1S/C20H26FN3O2/c21-15-5-2-6-17(13-15)23-20(19(26)22-16-7-8-16)9-11-24(12-10-20)18(25)14-3-1-4-14/h2,5-6,13-14,16,23H,1,3-4,7-12H2,(H,22,26). The number of rotatable bonds is 5. The van der Waals surface area contributed by atoms with Crippen LogP contribution in [0.15, 0.2) is 24.3 Å². The van der Waals surface area contributed by atoms with Crippen molar-refractivity contribution < 1.29 is 14.0 Å². The number of piperidine rings is 1. The van der Waals surface area contributed by atoms with E-state index in [0.29, 0.717) is 31.6 Å². The van der Waals surface area contributed by atoms with Gasteiger partial charge in [-0.05, 0) is 56.7 Å². The van der Waals surface area contributed by atoms with E-state index < -0.39 is 5.54 Å². The van der Waals surface area contributed by atoms with Crippen LogP contribution in [-0.4, -0.2) is 41.4 Å². The maximum atomic E-state index is 13.6. The Labute approximate surface area is 153 Å². The predicted octanol–water partition coefficient (Wildman–Crippen LogP) is 2.68. The molecular weight excluding hydrogens is 333 g/mol. The van der Waals surface area contributed by atoms with E-state index in [9.17, 15) is 14.0 Å². The lowest BCUT2D eigenvalue weighted by molar-refractivity contribution is -0.141. The molecule has 0 radical (unpaired) electrons. The summed E-state index contributed by atoms with van der Waals surface area (Å²) in [5.74, 6) is 0.0579. The van der Waals surface area contributed by atoms with Gasteiger partial charge in [0.1, 0.15) is 11.4 Å². The topological polar surface area (TPSA) is 61.4 Å². The Morgan fingerprint density at radius 3 is 2.42 bits per heavy atom. The van der Waals surface area contributed by atoms with Crippen molar-refractivity contribution in [3.8, 4) is 0 Å². The third-order valence-corrected chi connectivity index (χ3v) is 5.94. The van der Waals surface area contributed by atoms with Crippen LogP contribution in [0.2, 0.25) is 0 Å². The zero-order chi connectivity index (χ0) is 18.1. The van der Waals surface area contributed by atoms with Crippen LogP contribution < -0.4 is 10.6 Å². The summed E-state index contributed by atoms with van der Waals surface area (Å²) in [6, 6.07) is 6.49. The molecule has 0 spiro atoms. The van der Waals surface area contributed by atoms with Gasteiger partial charge in [0.15, 0.2) is 0 Å².